The number of piperazine rings is 1. The van der Waals surface area contributed by atoms with Gasteiger partial charge >= 0.3 is 0 Å². The lowest BCUT2D eigenvalue weighted by atomic mass is 9.98. The minimum atomic E-state index is -3.62. The quantitative estimate of drug-likeness (QED) is 0.0712. The summed E-state index contributed by atoms with van der Waals surface area (Å²) in [6, 6.07) is 16.4. The van der Waals surface area contributed by atoms with Crippen LogP contribution in [0.3, 0.4) is 0 Å². The number of hydrogen-bond acceptors (Lipinski definition) is 11. The molecule has 0 radical (unpaired) electrons. The number of sulfone groups is 1. The summed E-state index contributed by atoms with van der Waals surface area (Å²) >= 11 is 0. The number of anilines is 2. The molecule has 5 rings (SSSR count). The van der Waals surface area contributed by atoms with Crippen molar-refractivity contribution in [2.75, 3.05) is 55.8 Å². The Hall–Kier alpha value is -5.11. The molecule has 0 atom stereocenters. The number of benzene rings is 2. The van der Waals surface area contributed by atoms with Crippen molar-refractivity contribution in [2.45, 2.75) is 70.5 Å². The van der Waals surface area contributed by atoms with E-state index in [4.69, 9.17) is 4.74 Å². The van der Waals surface area contributed by atoms with Crippen molar-refractivity contribution in [3.8, 4) is 17.0 Å². The molecule has 0 unspecified atom stereocenters. The summed E-state index contributed by atoms with van der Waals surface area (Å²) in [5, 5.41) is 7.17. The molecule has 0 aliphatic carbocycles. The summed E-state index contributed by atoms with van der Waals surface area (Å²) < 4.78 is 32.4. The Kier molecular flexibility index (Phi) is 13.7. The summed E-state index contributed by atoms with van der Waals surface area (Å²) in [5.74, 6) is 1.06. The van der Waals surface area contributed by atoms with Gasteiger partial charge in [-0.2, -0.15) is 5.10 Å². The number of unbranched alkanes of at least 4 members (excludes halogenated alkanes) is 4. The van der Waals surface area contributed by atoms with E-state index in [0.717, 1.165) is 68.3 Å². The molecule has 1 aliphatic heterocycles. The van der Waals surface area contributed by atoms with Crippen LogP contribution in [0.1, 0.15) is 79.5 Å². The predicted octanol–water partition coefficient (Wildman–Crippen LogP) is 5.72. The molecule has 14 heteroatoms. The number of carbonyl (C=O) groups excluding carboxylic acids is 3. The highest BCUT2D eigenvalue weighted by molar-refractivity contribution is 7.90. The highest BCUT2D eigenvalue weighted by atomic mass is 32.2. The molecule has 3 heterocycles. The van der Waals surface area contributed by atoms with Crippen molar-refractivity contribution in [2.24, 2.45) is 0 Å². The standard InChI is InChI=1S/C39H49N7O6S/c1-29(47)33-12-9-13-35(38(33)30(2)48)44-23-25-45(26-24-44)37(49)14-7-5-4-6-8-27-52-32-17-15-31(16-18-32)34-28-36(43-39(42-34)53(3,50)51)40-19-10-21-46-22-11-20-41-46/h9,11-13,15-18,20,22,28H,4-8,10,14,19,21,23-27H2,1-3H3,(H,40,42,43). The lowest BCUT2D eigenvalue weighted by Gasteiger charge is -2.37. The van der Waals surface area contributed by atoms with Crippen LogP contribution in [-0.2, 0) is 21.2 Å². The number of carbonyl (C=O) groups is 3. The first-order valence-corrected chi connectivity index (χ1v) is 20.1. The number of ketones is 2. The van der Waals surface area contributed by atoms with E-state index in [9.17, 15) is 22.8 Å². The van der Waals surface area contributed by atoms with E-state index in [-0.39, 0.29) is 22.6 Å². The lowest BCUT2D eigenvalue weighted by molar-refractivity contribution is -0.131. The molecule has 0 saturated carbocycles. The number of nitrogens with one attached hydrogen (secondary N) is 1. The van der Waals surface area contributed by atoms with Crippen molar-refractivity contribution >= 4 is 38.8 Å². The first kappa shape index (κ1) is 39.1. The fraction of sp³-hybridized carbons (Fsp3) is 0.436. The molecule has 13 nitrogen and oxygen atoms in total. The monoisotopic (exact) mass is 743 g/mol. The van der Waals surface area contributed by atoms with E-state index in [2.05, 4.69) is 25.3 Å². The topological polar surface area (TPSA) is 157 Å². The van der Waals surface area contributed by atoms with Crippen LogP contribution in [0.2, 0.25) is 0 Å². The van der Waals surface area contributed by atoms with Crippen LogP contribution in [-0.4, -0.2) is 96.1 Å². The molecule has 282 valence electrons. The molecule has 1 fully saturated rings. The van der Waals surface area contributed by atoms with Gasteiger partial charge in [-0.05, 0) is 69.5 Å². The molecule has 0 spiro atoms. The number of amides is 1. The zero-order chi connectivity index (χ0) is 37.8. The van der Waals surface area contributed by atoms with E-state index >= 15 is 0 Å². The van der Waals surface area contributed by atoms with E-state index in [1.807, 2.05) is 58.2 Å². The summed E-state index contributed by atoms with van der Waals surface area (Å²) in [6.07, 6.45) is 10.7. The van der Waals surface area contributed by atoms with Gasteiger partial charge in [0.1, 0.15) is 11.6 Å². The fourth-order valence-electron chi connectivity index (χ4n) is 6.36. The molecule has 53 heavy (non-hydrogen) atoms. The average Bonchev–Trinajstić information content (AvgIpc) is 3.67. The van der Waals surface area contributed by atoms with E-state index < -0.39 is 9.84 Å². The van der Waals surface area contributed by atoms with Crippen molar-refractivity contribution in [1.29, 1.82) is 0 Å². The van der Waals surface area contributed by atoms with Gasteiger partial charge in [0, 0.05) is 87.2 Å². The van der Waals surface area contributed by atoms with Gasteiger partial charge < -0.3 is 19.9 Å². The summed E-state index contributed by atoms with van der Waals surface area (Å²) in [5.41, 5.74) is 2.92. The number of aromatic nitrogens is 4. The van der Waals surface area contributed by atoms with Crippen molar-refractivity contribution < 1.29 is 27.5 Å². The molecule has 2 aromatic heterocycles. The van der Waals surface area contributed by atoms with Gasteiger partial charge in [0.25, 0.3) is 0 Å². The third-order valence-corrected chi connectivity index (χ3v) is 10.0. The highest BCUT2D eigenvalue weighted by Crippen LogP contribution is 2.27. The molecule has 1 amide bonds. The number of ether oxygens (including phenoxy) is 1. The van der Waals surface area contributed by atoms with Gasteiger partial charge in [0.15, 0.2) is 11.6 Å². The zero-order valence-electron chi connectivity index (χ0n) is 30.8. The number of hydrogen-bond donors (Lipinski definition) is 1. The van der Waals surface area contributed by atoms with E-state index in [1.54, 1.807) is 18.3 Å². The number of aryl methyl sites for hydroxylation is 1. The molecule has 1 saturated heterocycles. The second-order valence-electron chi connectivity index (χ2n) is 13.3. The molecular weight excluding hydrogens is 695 g/mol. The van der Waals surface area contributed by atoms with Crippen LogP contribution in [0.15, 0.2) is 72.1 Å². The predicted molar refractivity (Wildman–Crippen MR) is 204 cm³/mol. The van der Waals surface area contributed by atoms with E-state index in [0.29, 0.717) is 68.4 Å². The zero-order valence-corrected chi connectivity index (χ0v) is 31.6. The van der Waals surface area contributed by atoms with Gasteiger partial charge in [0.2, 0.25) is 20.9 Å². The summed E-state index contributed by atoms with van der Waals surface area (Å²) in [7, 11) is -3.62. The normalized spacial score (nSPS) is 13.2. The number of Topliss-reactive ketones (excluding diaryl/α,β-unsaturated/α-hetero) is 2. The van der Waals surface area contributed by atoms with Crippen LogP contribution < -0.4 is 15.0 Å². The number of rotatable bonds is 19. The molecule has 2 aromatic carbocycles. The molecule has 1 aliphatic rings. The smallest absolute Gasteiger partial charge is 0.249 e. The Morgan fingerprint density at radius 2 is 1.58 bits per heavy atom. The van der Waals surface area contributed by atoms with Gasteiger partial charge in [-0.1, -0.05) is 31.4 Å². The van der Waals surface area contributed by atoms with Crippen LogP contribution in [0.5, 0.6) is 5.75 Å². The van der Waals surface area contributed by atoms with Crippen LogP contribution in [0.4, 0.5) is 11.5 Å². The first-order chi connectivity index (χ1) is 25.5. The largest absolute Gasteiger partial charge is 0.494 e. The van der Waals surface area contributed by atoms with Crippen molar-refractivity contribution in [1.82, 2.24) is 24.6 Å². The Bertz CT molecular complexity index is 1960. The Morgan fingerprint density at radius 1 is 0.849 bits per heavy atom. The average molecular weight is 744 g/mol. The van der Waals surface area contributed by atoms with Crippen molar-refractivity contribution in [3.05, 3.63) is 78.1 Å². The van der Waals surface area contributed by atoms with Gasteiger partial charge in [-0.3, -0.25) is 19.1 Å². The first-order valence-electron chi connectivity index (χ1n) is 18.2. The summed E-state index contributed by atoms with van der Waals surface area (Å²) in [6.45, 7) is 7.27. The highest BCUT2D eigenvalue weighted by Gasteiger charge is 2.25. The number of nitrogens with zero attached hydrogens (tertiary/aromatic N) is 6. The third-order valence-electron chi connectivity index (χ3n) is 9.17. The summed E-state index contributed by atoms with van der Waals surface area (Å²) in [4.78, 5) is 49.9. The minimum absolute atomic E-state index is 0.130. The second kappa shape index (κ2) is 18.6. The SMILES string of the molecule is CC(=O)c1cccc(N2CCN(C(=O)CCCCCCCOc3ccc(-c4cc(NCCCn5cccn5)nc(S(C)(=O)=O)n4)cc3)CC2)c1C(C)=O. The molecule has 1 N–H and O–H groups in total. The van der Waals surface area contributed by atoms with Gasteiger partial charge in [-0.25, -0.2) is 18.4 Å². The van der Waals surface area contributed by atoms with Crippen molar-refractivity contribution in [3.63, 3.8) is 0 Å². The van der Waals surface area contributed by atoms with Crippen LogP contribution in [0, 0.1) is 0 Å². The van der Waals surface area contributed by atoms with Gasteiger partial charge in [-0.15, -0.1) is 0 Å². The molecule has 0 bridgehead atoms. The maximum Gasteiger partial charge on any atom is 0.249 e. The van der Waals surface area contributed by atoms with Crippen LogP contribution >= 0.6 is 0 Å². The Balaban J connectivity index is 0.989. The molecular formula is C39H49N7O6S. The third kappa shape index (κ3) is 11.2. The minimum Gasteiger partial charge on any atom is -0.494 e. The molecule has 4 aromatic rings. The maximum absolute atomic E-state index is 12.9. The van der Waals surface area contributed by atoms with E-state index in [1.165, 1.54) is 13.8 Å². The lowest BCUT2D eigenvalue weighted by Crippen LogP contribution is -2.49. The second-order valence-corrected chi connectivity index (χ2v) is 15.2. The van der Waals surface area contributed by atoms with Crippen LogP contribution in [0.25, 0.3) is 11.3 Å². The maximum atomic E-state index is 12.9. The Morgan fingerprint density at radius 3 is 2.26 bits per heavy atom. The fourth-order valence-corrected chi connectivity index (χ4v) is 6.89. The Labute approximate surface area is 311 Å². The van der Waals surface area contributed by atoms with Gasteiger partial charge in [0.05, 0.1) is 17.9 Å².